The van der Waals surface area contributed by atoms with E-state index in [1.165, 1.54) is 0 Å². The summed E-state index contributed by atoms with van der Waals surface area (Å²) < 4.78 is 7.32. The number of aromatic nitrogens is 1. The van der Waals surface area contributed by atoms with Gasteiger partial charge in [-0.25, -0.2) is 0 Å². The van der Waals surface area contributed by atoms with Crippen LogP contribution in [0.5, 0.6) is 5.75 Å². The maximum absolute atomic E-state index is 13.8. The Morgan fingerprint density at radius 2 is 1.33 bits per heavy atom. The van der Waals surface area contributed by atoms with Crippen LogP contribution < -0.4 is 10.2 Å². The highest BCUT2D eigenvalue weighted by Crippen LogP contribution is 2.32. The van der Waals surface area contributed by atoms with E-state index >= 15 is 0 Å². The smallest absolute Gasteiger partial charge is 0.201 e. The quantitative estimate of drug-likeness (QED) is 0.326. The summed E-state index contributed by atoms with van der Waals surface area (Å²) in [5.41, 5.74) is 3.25. The van der Waals surface area contributed by atoms with Crippen molar-refractivity contribution in [1.29, 1.82) is 0 Å². The van der Waals surface area contributed by atoms with Gasteiger partial charge in [0.25, 0.3) is 0 Å². The van der Waals surface area contributed by atoms with E-state index in [0.29, 0.717) is 22.4 Å². The number of rotatable bonds is 5. The summed E-state index contributed by atoms with van der Waals surface area (Å²) in [5, 5.41) is 0.498. The Balaban J connectivity index is 1.95. The zero-order chi connectivity index (χ0) is 22.8. The zero-order valence-corrected chi connectivity index (χ0v) is 18.1. The number of hydrogen-bond acceptors (Lipinski definition) is 3. The highest BCUT2D eigenvalue weighted by molar-refractivity contribution is 6.14. The number of nitrogens with zero attached hydrogens (tertiary/aromatic N) is 1. The molecule has 160 valence electrons. The lowest BCUT2D eigenvalue weighted by molar-refractivity contribution is 0.103. The molecule has 4 aromatic carbocycles. The normalized spacial score (nSPS) is 10.8. The average Bonchev–Trinajstić information content (AvgIpc) is 2.89. The first-order valence-electron chi connectivity index (χ1n) is 10.7. The maximum atomic E-state index is 13.8. The van der Waals surface area contributed by atoms with Gasteiger partial charge < -0.3 is 9.30 Å². The molecule has 0 unspecified atom stereocenters. The van der Waals surface area contributed by atoms with Gasteiger partial charge in [0.15, 0.2) is 5.78 Å². The third-order valence-electron chi connectivity index (χ3n) is 5.72. The summed E-state index contributed by atoms with van der Waals surface area (Å²) in [7, 11) is 1.61. The summed E-state index contributed by atoms with van der Waals surface area (Å²) in [6, 6.07) is 33.5. The fourth-order valence-corrected chi connectivity index (χ4v) is 4.15. The molecule has 5 rings (SSSR count). The van der Waals surface area contributed by atoms with Crippen LogP contribution in [-0.4, -0.2) is 17.5 Å². The third-order valence-corrected chi connectivity index (χ3v) is 5.72. The SMILES string of the molecule is COc1ccc(-c2c(C(=O)c3ccccc3)c(=O)c3ccccc3n2-c2ccccc2)cc1. The first kappa shape index (κ1) is 20.5. The van der Waals surface area contributed by atoms with Crippen molar-refractivity contribution in [2.24, 2.45) is 0 Å². The number of fused-ring (bicyclic) bond motifs is 1. The summed E-state index contributed by atoms with van der Waals surface area (Å²) in [6.07, 6.45) is 0. The van der Waals surface area contributed by atoms with Gasteiger partial charge >= 0.3 is 0 Å². The van der Waals surface area contributed by atoms with Gasteiger partial charge in [-0.3, -0.25) is 9.59 Å². The van der Waals surface area contributed by atoms with Crippen molar-refractivity contribution in [3.05, 3.63) is 131 Å². The lowest BCUT2D eigenvalue weighted by Crippen LogP contribution is -2.22. The molecule has 0 saturated heterocycles. The molecular formula is C29H21NO3. The van der Waals surface area contributed by atoms with Gasteiger partial charge in [0.1, 0.15) is 5.75 Å². The minimum Gasteiger partial charge on any atom is -0.497 e. The molecule has 0 radical (unpaired) electrons. The predicted molar refractivity (Wildman–Crippen MR) is 131 cm³/mol. The lowest BCUT2D eigenvalue weighted by atomic mass is 9.94. The molecule has 1 heterocycles. The third kappa shape index (κ3) is 3.62. The van der Waals surface area contributed by atoms with Crippen molar-refractivity contribution in [1.82, 2.24) is 4.57 Å². The predicted octanol–water partition coefficient (Wildman–Crippen LogP) is 5.90. The Kier molecular flexibility index (Phi) is 5.33. The molecule has 33 heavy (non-hydrogen) atoms. The second-order valence-corrected chi connectivity index (χ2v) is 7.66. The van der Waals surface area contributed by atoms with E-state index in [0.717, 1.165) is 16.8 Å². The van der Waals surface area contributed by atoms with Crippen molar-refractivity contribution in [3.63, 3.8) is 0 Å². The molecule has 0 fully saturated rings. The molecule has 0 N–H and O–H groups in total. The van der Waals surface area contributed by atoms with Crippen LogP contribution in [0.1, 0.15) is 15.9 Å². The monoisotopic (exact) mass is 431 g/mol. The summed E-state index contributed by atoms with van der Waals surface area (Å²) in [5.74, 6) is 0.394. The zero-order valence-electron chi connectivity index (χ0n) is 18.1. The molecule has 0 aliphatic carbocycles. The second-order valence-electron chi connectivity index (χ2n) is 7.66. The molecule has 4 heteroatoms. The van der Waals surface area contributed by atoms with Gasteiger partial charge in [-0.2, -0.15) is 0 Å². The standard InChI is InChI=1S/C29H21NO3/c1-33-23-18-16-20(17-19-23)27-26(28(31)21-10-4-2-5-11-21)29(32)24-14-8-9-15-25(24)30(27)22-12-6-3-7-13-22/h2-19H,1H3. The number of carbonyl (C=O) groups excluding carboxylic acids is 1. The molecule has 0 aliphatic rings. The fraction of sp³-hybridized carbons (Fsp3) is 0.0345. The van der Waals surface area contributed by atoms with Gasteiger partial charge in [-0.05, 0) is 54.1 Å². The first-order valence-corrected chi connectivity index (χ1v) is 10.7. The Bertz CT molecular complexity index is 1500. The van der Waals surface area contributed by atoms with E-state index in [-0.39, 0.29) is 16.8 Å². The van der Waals surface area contributed by atoms with Gasteiger partial charge in [0, 0.05) is 16.6 Å². The number of para-hydroxylation sites is 2. The van der Waals surface area contributed by atoms with E-state index in [4.69, 9.17) is 4.74 Å². The molecule has 4 nitrogen and oxygen atoms in total. The largest absolute Gasteiger partial charge is 0.497 e. The second kappa shape index (κ2) is 8.60. The fourth-order valence-electron chi connectivity index (χ4n) is 4.15. The lowest BCUT2D eigenvalue weighted by Gasteiger charge is -2.21. The van der Waals surface area contributed by atoms with E-state index in [1.54, 1.807) is 37.4 Å². The summed E-state index contributed by atoms with van der Waals surface area (Å²) in [6.45, 7) is 0. The highest BCUT2D eigenvalue weighted by atomic mass is 16.5. The minimum atomic E-state index is -0.304. The number of pyridine rings is 1. The van der Waals surface area contributed by atoms with Gasteiger partial charge in [0.05, 0.1) is 23.9 Å². The topological polar surface area (TPSA) is 48.3 Å². The van der Waals surface area contributed by atoms with E-state index in [1.807, 2.05) is 83.4 Å². The van der Waals surface area contributed by atoms with Crippen molar-refractivity contribution < 1.29 is 9.53 Å². The van der Waals surface area contributed by atoms with Crippen LogP contribution in [-0.2, 0) is 0 Å². The number of methoxy groups -OCH3 is 1. The van der Waals surface area contributed by atoms with Crippen molar-refractivity contribution in [3.8, 4) is 22.7 Å². The summed E-state index contributed by atoms with van der Waals surface area (Å²) in [4.78, 5) is 27.6. The van der Waals surface area contributed by atoms with Crippen LogP contribution in [0, 0.1) is 0 Å². The molecular weight excluding hydrogens is 410 g/mol. The van der Waals surface area contributed by atoms with Gasteiger partial charge in [-0.1, -0.05) is 60.7 Å². The molecule has 0 atom stereocenters. The van der Waals surface area contributed by atoms with E-state index in [2.05, 4.69) is 0 Å². The van der Waals surface area contributed by atoms with Crippen LogP contribution in [0.4, 0.5) is 0 Å². The highest BCUT2D eigenvalue weighted by Gasteiger charge is 2.25. The van der Waals surface area contributed by atoms with Crippen LogP contribution in [0.2, 0.25) is 0 Å². The molecule has 0 amide bonds. The van der Waals surface area contributed by atoms with Crippen molar-refractivity contribution >= 4 is 16.7 Å². The Labute approximate surface area is 191 Å². The number of ether oxygens (including phenoxy) is 1. The molecule has 0 aliphatic heterocycles. The van der Waals surface area contributed by atoms with Gasteiger partial charge in [-0.15, -0.1) is 0 Å². The Morgan fingerprint density at radius 3 is 2.00 bits per heavy atom. The van der Waals surface area contributed by atoms with Crippen molar-refractivity contribution in [2.45, 2.75) is 0 Å². The minimum absolute atomic E-state index is 0.147. The molecule has 1 aromatic heterocycles. The van der Waals surface area contributed by atoms with Gasteiger partial charge in [0.2, 0.25) is 5.43 Å². The maximum Gasteiger partial charge on any atom is 0.201 e. The molecule has 5 aromatic rings. The number of benzene rings is 4. The Morgan fingerprint density at radius 1 is 0.727 bits per heavy atom. The van der Waals surface area contributed by atoms with Crippen LogP contribution >= 0.6 is 0 Å². The number of hydrogen-bond donors (Lipinski definition) is 0. The van der Waals surface area contributed by atoms with Crippen LogP contribution in [0.15, 0.2) is 114 Å². The molecule has 0 saturated carbocycles. The molecule has 0 spiro atoms. The van der Waals surface area contributed by atoms with E-state index < -0.39 is 0 Å². The number of ketones is 1. The van der Waals surface area contributed by atoms with Crippen LogP contribution in [0.3, 0.4) is 0 Å². The first-order chi connectivity index (χ1) is 16.2. The average molecular weight is 431 g/mol. The van der Waals surface area contributed by atoms with E-state index in [9.17, 15) is 9.59 Å². The number of carbonyl (C=O) groups is 1. The van der Waals surface area contributed by atoms with Crippen LogP contribution in [0.25, 0.3) is 27.8 Å². The molecule has 0 bridgehead atoms. The Hall–Kier alpha value is -4.44. The van der Waals surface area contributed by atoms with Crippen molar-refractivity contribution in [2.75, 3.05) is 7.11 Å². The summed E-state index contributed by atoms with van der Waals surface area (Å²) >= 11 is 0.